The average molecular weight is 394 g/mol. The van der Waals surface area contributed by atoms with E-state index in [1.807, 2.05) is 30.9 Å². The van der Waals surface area contributed by atoms with Gasteiger partial charge in [0, 0.05) is 19.6 Å². The number of anilines is 2. The van der Waals surface area contributed by atoms with Crippen LogP contribution in [0, 0.1) is 12.8 Å². The Labute approximate surface area is 164 Å². The van der Waals surface area contributed by atoms with Crippen LogP contribution in [0.4, 0.5) is 10.9 Å². The molecule has 28 heavy (non-hydrogen) atoms. The van der Waals surface area contributed by atoms with Crippen molar-refractivity contribution in [2.45, 2.75) is 20.4 Å². The Morgan fingerprint density at radius 1 is 1.32 bits per heavy atom. The number of benzene rings is 1. The minimum Gasteiger partial charge on any atom is -0.353 e. The van der Waals surface area contributed by atoms with Crippen molar-refractivity contribution in [2.75, 3.05) is 23.3 Å². The molecule has 1 aliphatic rings. The largest absolute Gasteiger partial charge is 0.353 e. The number of rotatable bonds is 4. The summed E-state index contributed by atoms with van der Waals surface area (Å²) in [5.74, 6) is 0.596. The normalized spacial score (nSPS) is 14.6. The zero-order chi connectivity index (χ0) is 19.3. The molecule has 0 spiro atoms. The molecule has 1 saturated heterocycles. The van der Waals surface area contributed by atoms with Gasteiger partial charge in [-0.25, -0.2) is 19.6 Å². The van der Waals surface area contributed by atoms with Crippen molar-refractivity contribution < 1.29 is 4.79 Å². The zero-order valence-electron chi connectivity index (χ0n) is 15.5. The van der Waals surface area contributed by atoms with E-state index in [1.54, 1.807) is 4.68 Å². The van der Waals surface area contributed by atoms with Gasteiger partial charge in [-0.05, 0) is 31.5 Å². The number of carbonyl (C=O) groups is 1. The monoisotopic (exact) mass is 394 g/mol. The van der Waals surface area contributed by atoms with Gasteiger partial charge in [0.25, 0.3) is 0 Å². The summed E-state index contributed by atoms with van der Waals surface area (Å²) in [5.41, 5.74) is 3.47. The third kappa shape index (κ3) is 2.76. The Morgan fingerprint density at radius 2 is 2.18 bits per heavy atom. The molecule has 0 unspecified atom stereocenters. The van der Waals surface area contributed by atoms with E-state index in [-0.39, 0.29) is 11.8 Å². The molecule has 3 aromatic heterocycles. The molecule has 1 amide bonds. The zero-order valence-corrected chi connectivity index (χ0v) is 16.3. The molecule has 10 heteroatoms. The van der Waals surface area contributed by atoms with Crippen molar-refractivity contribution in [3.05, 3.63) is 30.1 Å². The van der Waals surface area contributed by atoms with E-state index in [0.29, 0.717) is 35.9 Å². The van der Waals surface area contributed by atoms with Crippen molar-refractivity contribution in [1.82, 2.24) is 29.9 Å². The number of carbonyl (C=O) groups excluding carboxylic acids is 1. The van der Waals surface area contributed by atoms with Crippen molar-refractivity contribution in [2.24, 2.45) is 5.92 Å². The second-order valence-electron chi connectivity index (χ2n) is 6.86. The van der Waals surface area contributed by atoms with Gasteiger partial charge in [0.15, 0.2) is 22.1 Å². The highest BCUT2D eigenvalue weighted by molar-refractivity contribution is 7.22. The predicted molar refractivity (Wildman–Crippen MR) is 107 cm³/mol. The van der Waals surface area contributed by atoms with Gasteiger partial charge in [-0.1, -0.05) is 22.6 Å². The summed E-state index contributed by atoms with van der Waals surface area (Å²) in [6.07, 6.45) is 1.52. The molecule has 0 radical (unpaired) electrons. The Hall–Kier alpha value is -3.14. The smallest absolute Gasteiger partial charge is 0.232 e. The molecule has 0 atom stereocenters. The lowest BCUT2D eigenvalue weighted by Gasteiger charge is -2.38. The summed E-state index contributed by atoms with van der Waals surface area (Å²) in [5, 5.41) is 11.9. The van der Waals surface area contributed by atoms with Gasteiger partial charge in [-0.15, -0.1) is 5.10 Å². The number of thiazole rings is 1. The van der Waals surface area contributed by atoms with E-state index in [1.165, 1.54) is 23.2 Å². The van der Waals surface area contributed by atoms with E-state index >= 15 is 0 Å². The van der Waals surface area contributed by atoms with Crippen molar-refractivity contribution in [3.8, 4) is 0 Å². The van der Waals surface area contributed by atoms with Gasteiger partial charge in [0.05, 0.1) is 16.1 Å². The number of aromatic nitrogens is 6. The SMILES string of the molecule is CCn1nnc2c(N3CC(C(=O)Nc4nc5ccc(C)cc5s4)C3)ncnc21. The Balaban J connectivity index is 1.28. The van der Waals surface area contributed by atoms with Crippen LogP contribution in [0.25, 0.3) is 21.4 Å². The summed E-state index contributed by atoms with van der Waals surface area (Å²) < 4.78 is 2.81. The maximum atomic E-state index is 12.6. The quantitative estimate of drug-likeness (QED) is 0.566. The number of nitrogens with zero attached hydrogens (tertiary/aromatic N) is 7. The van der Waals surface area contributed by atoms with Gasteiger partial charge in [-0.3, -0.25) is 4.79 Å². The van der Waals surface area contributed by atoms with Crippen molar-refractivity contribution in [3.63, 3.8) is 0 Å². The molecule has 1 fully saturated rings. The number of hydrogen-bond acceptors (Lipinski definition) is 8. The fourth-order valence-corrected chi connectivity index (χ4v) is 4.30. The summed E-state index contributed by atoms with van der Waals surface area (Å²) in [4.78, 5) is 27.7. The van der Waals surface area contributed by atoms with Crippen LogP contribution in [-0.2, 0) is 11.3 Å². The van der Waals surface area contributed by atoms with Gasteiger partial charge >= 0.3 is 0 Å². The summed E-state index contributed by atoms with van der Waals surface area (Å²) in [7, 11) is 0. The summed E-state index contributed by atoms with van der Waals surface area (Å²) >= 11 is 1.50. The number of hydrogen-bond donors (Lipinski definition) is 1. The van der Waals surface area contributed by atoms with Gasteiger partial charge in [0.1, 0.15) is 6.33 Å². The first-order valence-corrected chi connectivity index (χ1v) is 9.91. The van der Waals surface area contributed by atoms with Crippen LogP contribution in [0.2, 0.25) is 0 Å². The fraction of sp³-hybridized carbons (Fsp3) is 0.333. The highest BCUT2D eigenvalue weighted by Gasteiger charge is 2.35. The van der Waals surface area contributed by atoms with E-state index < -0.39 is 0 Å². The highest BCUT2D eigenvalue weighted by Crippen LogP contribution is 2.30. The van der Waals surface area contributed by atoms with Crippen LogP contribution < -0.4 is 10.2 Å². The van der Waals surface area contributed by atoms with Gasteiger partial charge < -0.3 is 10.2 Å². The van der Waals surface area contributed by atoms with Gasteiger partial charge in [-0.2, -0.15) is 0 Å². The molecule has 1 aliphatic heterocycles. The molecule has 0 bridgehead atoms. The van der Waals surface area contributed by atoms with Crippen molar-refractivity contribution >= 4 is 49.6 Å². The molecule has 5 rings (SSSR count). The fourth-order valence-electron chi connectivity index (χ4n) is 3.33. The van der Waals surface area contributed by atoms with E-state index in [0.717, 1.165) is 16.0 Å². The third-order valence-corrected chi connectivity index (χ3v) is 5.84. The van der Waals surface area contributed by atoms with Crippen LogP contribution in [-0.4, -0.2) is 48.9 Å². The lowest BCUT2D eigenvalue weighted by Crippen LogP contribution is -2.52. The number of nitrogens with one attached hydrogen (secondary N) is 1. The molecule has 4 heterocycles. The van der Waals surface area contributed by atoms with Crippen LogP contribution in [0.1, 0.15) is 12.5 Å². The molecule has 9 nitrogen and oxygen atoms in total. The maximum absolute atomic E-state index is 12.6. The molecule has 142 valence electrons. The first kappa shape index (κ1) is 17.0. The highest BCUT2D eigenvalue weighted by atomic mass is 32.1. The molecular formula is C18H18N8OS. The first-order chi connectivity index (χ1) is 13.6. The van der Waals surface area contributed by atoms with Crippen LogP contribution in [0.3, 0.4) is 0 Å². The molecule has 0 saturated carbocycles. The first-order valence-electron chi connectivity index (χ1n) is 9.09. The van der Waals surface area contributed by atoms with E-state index in [4.69, 9.17) is 0 Å². The summed E-state index contributed by atoms with van der Waals surface area (Å²) in [6.45, 7) is 5.90. The Bertz CT molecular complexity index is 1190. The Kier molecular flexibility index (Phi) is 3.93. The average Bonchev–Trinajstić information content (AvgIpc) is 3.23. The molecule has 1 N–H and O–H groups in total. The van der Waals surface area contributed by atoms with Crippen LogP contribution in [0.5, 0.6) is 0 Å². The molecule has 4 aromatic rings. The van der Waals surface area contributed by atoms with Crippen LogP contribution >= 0.6 is 11.3 Å². The molecule has 1 aromatic carbocycles. The lowest BCUT2D eigenvalue weighted by atomic mass is 9.99. The second kappa shape index (κ2) is 6.48. The number of amides is 1. The second-order valence-corrected chi connectivity index (χ2v) is 7.89. The Morgan fingerprint density at radius 3 is 3.00 bits per heavy atom. The molecular weight excluding hydrogens is 376 g/mol. The maximum Gasteiger partial charge on any atom is 0.232 e. The van der Waals surface area contributed by atoms with Gasteiger partial charge in [0.2, 0.25) is 5.91 Å². The third-order valence-electron chi connectivity index (χ3n) is 4.91. The van der Waals surface area contributed by atoms with E-state index in [9.17, 15) is 4.79 Å². The predicted octanol–water partition coefficient (Wildman–Crippen LogP) is 2.23. The molecule has 0 aliphatic carbocycles. The number of aryl methyl sites for hydroxylation is 2. The van der Waals surface area contributed by atoms with Crippen molar-refractivity contribution in [1.29, 1.82) is 0 Å². The minimum absolute atomic E-state index is 0.0189. The van der Waals surface area contributed by atoms with Crippen LogP contribution in [0.15, 0.2) is 24.5 Å². The standard InChI is InChI=1S/C18H18N8OS/c1-3-26-16-14(23-24-26)15(19-9-20-16)25-7-11(8-25)17(27)22-18-21-12-5-4-10(2)6-13(12)28-18/h4-6,9,11H,3,7-8H2,1-2H3,(H,21,22,27). The topological polar surface area (TPSA) is 102 Å². The number of fused-ring (bicyclic) bond motifs is 2. The van der Waals surface area contributed by atoms with E-state index in [2.05, 4.69) is 36.6 Å². The lowest BCUT2D eigenvalue weighted by molar-refractivity contribution is -0.120. The minimum atomic E-state index is -0.111. The summed E-state index contributed by atoms with van der Waals surface area (Å²) in [6, 6.07) is 6.08.